The fourth-order valence-electron chi connectivity index (χ4n) is 1.48. The molecule has 7 heteroatoms. The maximum absolute atomic E-state index is 10.6. The number of nitro benzene ring substituents is 1. The van der Waals surface area contributed by atoms with Crippen molar-refractivity contribution in [1.29, 1.82) is 0 Å². The molecule has 0 aliphatic rings. The lowest BCUT2D eigenvalue weighted by Gasteiger charge is -2.03. The van der Waals surface area contributed by atoms with E-state index in [2.05, 4.69) is 5.10 Å². The summed E-state index contributed by atoms with van der Waals surface area (Å²) in [7, 11) is 0. The van der Waals surface area contributed by atoms with Gasteiger partial charge in [-0.15, -0.1) is 0 Å². The molecule has 0 atom stereocenters. The molecule has 1 heterocycles. The number of benzene rings is 1. The van der Waals surface area contributed by atoms with Gasteiger partial charge in [-0.3, -0.25) is 14.8 Å². The van der Waals surface area contributed by atoms with E-state index in [0.717, 1.165) is 5.56 Å². The first-order valence-corrected chi connectivity index (χ1v) is 5.15. The molecule has 1 aromatic carbocycles. The summed E-state index contributed by atoms with van der Waals surface area (Å²) in [6.45, 7) is 0.467. The number of aromatic nitrogens is 2. The summed E-state index contributed by atoms with van der Waals surface area (Å²) >= 11 is 5.73. The van der Waals surface area contributed by atoms with E-state index in [1.807, 2.05) is 0 Å². The Morgan fingerprint density at radius 3 is 2.82 bits per heavy atom. The van der Waals surface area contributed by atoms with Gasteiger partial charge in [0, 0.05) is 12.3 Å². The van der Waals surface area contributed by atoms with Crippen molar-refractivity contribution in [2.75, 3.05) is 5.73 Å². The summed E-state index contributed by atoms with van der Waals surface area (Å²) in [5, 5.41) is 15.1. The zero-order chi connectivity index (χ0) is 12.4. The Bertz CT molecular complexity index is 567. The lowest BCUT2D eigenvalue weighted by Crippen LogP contribution is -2.02. The van der Waals surface area contributed by atoms with Gasteiger partial charge in [0.05, 0.1) is 22.7 Å². The third-order valence-electron chi connectivity index (χ3n) is 2.23. The van der Waals surface area contributed by atoms with Gasteiger partial charge in [-0.1, -0.05) is 17.7 Å². The third-order valence-corrected chi connectivity index (χ3v) is 2.43. The maximum atomic E-state index is 10.6. The van der Waals surface area contributed by atoms with Gasteiger partial charge in [-0.25, -0.2) is 0 Å². The van der Waals surface area contributed by atoms with Gasteiger partial charge < -0.3 is 5.73 Å². The molecular weight excluding hydrogens is 244 g/mol. The largest absolute Gasteiger partial charge is 0.393 e. The van der Waals surface area contributed by atoms with Gasteiger partial charge in [0.15, 0.2) is 0 Å². The molecule has 6 nitrogen and oxygen atoms in total. The molecule has 1 aromatic heterocycles. The standard InChI is InChI=1S/C10H9ClN4O2/c11-8-4-13-14(6-8)5-7-1-2-10(15(16)17)9(12)3-7/h1-4,6H,5,12H2. The fourth-order valence-corrected chi connectivity index (χ4v) is 1.64. The Kier molecular flexibility index (Phi) is 2.97. The van der Waals surface area contributed by atoms with Crippen LogP contribution in [0.1, 0.15) is 5.56 Å². The first-order chi connectivity index (χ1) is 8.06. The first-order valence-electron chi connectivity index (χ1n) is 4.77. The van der Waals surface area contributed by atoms with Crippen LogP contribution in [-0.2, 0) is 6.54 Å². The van der Waals surface area contributed by atoms with Crippen LogP contribution in [0.25, 0.3) is 0 Å². The molecule has 17 heavy (non-hydrogen) atoms. The van der Waals surface area contributed by atoms with Crippen LogP contribution in [0.15, 0.2) is 30.6 Å². The van der Waals surface area contributed by atoms with Gasteiger partial charge in [-0.2, -0.15) is 5.10 Å². The maximum Gasteiger partial charge on any atom is 0.292 e. The Balaban J connectivity index is 2.23. The Hall–Kier alpha value is -2.08. The molecule has 0 amide bonds. The van der Waals surface area contributed by atoms with Crippen LogP contribution >= 0.6 is 11.6 Å². The highest BCUT2D eigenvalue weighted by atomic mass is 35.5. The van der Waals surface area contributed by atoms with Crippen LogP contribution in [0.4, 0.5) is 11.4 Å². The average Bonchev–Trinajstić information content (AvgIpc) is 2.63. The predicted molar refractivity (Wildman–Crippen MR) is 63.8 cm³/mol. The van der Waals surface area contributed by atoms with Crippen LogP contribution in [0.5, 0.6) is 0 Å². The molecule has 0 fully saturated rings. The summed E-state index contributed by atoms with van der Waals surface area (Å²) in [6, 6.07) is 4.59. The van der Waals surface area contributed by atoms with Gasteiger partial charge in [0.1, 0.15) is 5.69 Å². The topological polar surface area (TPSA) is 87.0 Å². The van der Waals surface area contributed by atoms with Crippen molar-refractivity contribution < 1.29 is 4.92 Å². The number of rotatable bonds is 3. The Morgan fingerprint density at radius 1 is 1.53 bits per heavy atom. The second kappa shape index (κ2) is 4.42. The van der Waals surface area contributed by atoms with Gasteiger partial charge in [-0.05, 0) is 11.6 Å². The lowest BCUT2D eigenvalue weighted by atomic mass is 10.2. The molecular formula is C10H9ClN4O2. The third kappa shape index (κ3) is 2.54. The van der Waals surface area contributed by atoms with Crippen molar-refractivity contribution in [3.63, 3.8) is 0 Å². The molecule has 0 unspecified atom stereocenters. The molecule has 88 valence electrons. The van der Waals surface area contributed by atoms with E-state index in [9.17, 15) is 10.1 Å². The van der Waals surface area contributed by atoms with E-state index in [-0.39, 0.29) is 11.4 Å². The highest BCUT2D eigenvalue weighted by molar-refractivity contribution is 6.30. The SMILES string of the molecule is Nc1cc(Cn2cc(Cl)cn2)ccc1[N+](=O)[O-]. The van der Waals surface area contributed by atoms with E-state index in [1.165, 1.54) is 12.3 Å². The van der Waals surface area contributed by atoms with E-state index in [4.69, 9.17) is 17.3 Å². The number of nitro groups is 1. The summed E-state index contributed by atoms with van der Waals surface area (Å²) in [5.41, 5.74) is 6.46. The summed E-state index contributed by atoms with van der Waals surface area (Å²) < 4.78 is 1.63. The van der Waals surface area contributed by atoms with Crippen molar-refractivity contribution >= 4 is 23.0 Å². The van der Waals surface area contributed by atoms with E-state index >= 15 is 0 Å². The smallest absolute Gasteiger partial charge is 0.292 e. The van der Waals surface area contributed by atoms with Gasteiger partial charge in [0.25, 0.3) is 5.69 Å². The first kappa shape index (κ1) is 11.4. The van der Waals surface area contributed by atoms with E-state index in [1.54, 1.807) is 23.0 Å². The van der Waals surface area contributed by atoms with E-state index in [0.29, 0.717) is 11.6 Å². The minimum absolute atomic E-state index is 0.0905. The number of nitrogens with zero attached hydrogens (tertiary/aromatic N) is 3. The molecule has 0 saturated carbocycles. The van der Waals surface area contributed by atoms with Crippen molar-refractivity contribution in [2.45, 2.75) is 6.54 Å². The van der Waals surface area contributed by atoms with Crippen molar-refractivity contribution in [3.8, 4) is 0 Å². The molecule has 0 bridgehead atoms. The van der Waals surface area contributed by atoms with Crippen molar-refractivity contribution in [1.82, 2.24) is 9.78 Å². The average molecular weight is 253 g/mol. The van der Waals surface area contributed by atoms with Crippen LogP contribution in [0, 0.1) is 10.1 Å². The molecule has 0 saturated heterocycles. The molecule has 0 spiro atoms. The number of hydrogen-bond acceptors (Lipinski definition) is 4. The van der Waals surface area contributed by atoms with Crippen LogP contribution in [0.3, 0.4) is 0 Å². The zero-order valence-electron chi connectivity index (χ0n) is 8.71. The van der Waals surface area contributed by atoms with Crippen LogP contribution in [0.2, 0.25) is 5.02 Å². The normalized spacial score (nSPS) is 10.4. The van der Waals surface area contributed by atoms with E-state index < -0.39 is 4.92 Å². The van der Waals surface area contributed by atoms with Crippen LogP contribution in [-0.4, -0.2) is 14.7 Å². The lowest BCUT2D eigenvalue weighted by molar-refractivity contribution is -0.383. The minimum atomic E-state index is -0.510. The molecule has 2 N–H and O–H groups in total. The molecule has 0 aliphatic carbocycles. The summed E-state index contributed by atoms with van der Waals surface area (Å²) in [6.07, 6.45) is 3.19. The number of nitrogen functional groups attached to an aromatic ring is 1. The van der Waals surface area contributed by atoms with Gasteiger partial charge >= 0.3 is 0 Å². The second-order valence-electron chi connectivity index (χ2n) is 3.51. The van der Waals surface area contributed by atoms with Crippen molar-refractivity contribution in [2.24, 2.45) is 0 Å². The molecule has 2 rings (SSSR count). The molecule has 0 radical (unpaired) electrons. The Morgan fingerprint density at radius 2 is 2.29 bits per heavy atom. The number of hydrogen-bond donors (Lipinski definition) is 1. The number of anilines is 1. The predicted octanol–water partition coefficient (Wildman–Crippen LogP) is 2.08. The quantitative estimate of drug-likeness (QED) is 0.515. The zero-order valence-corrected chi connectivity index (χ0v) is 9.46. The number of nitrogens with two attached hydrogens (primary N) is 1. The summed E-state index contributed by atoms with van der Waals surface area (Å²) in [4.78, 5) is 10.1. The number of halogens is 1. The van der Waals surface area contributed by atoms with Crippen molar-refractivity contribution in [3.05, 3.63) is 51.3 Å². The van der Waals surface area contributed by atoms with Crippen LogP contribution < -0.4 is 5.73 Å². The Labute approximate surface area is 102 Å². The van der Waals surface area contributed by atoms with Gasteiger partial charge in [0.2, 0.25) is 0 Å². The summed E-state index contributed by atoms with van der Waals surface area (Å²) in [5.74, 6) is 0. The highest BCUT2D eigenvalue weighted by Gasteiger charge is 2.11. The minimum Gasteiger partial charge on any atom is -0.393 e. The molecule has 2 aromatic rings. The monoisotopic (exact) mass is 252 g/mol. The fraction of sp³-hybridized carbons (Fsp3) is 0.100. The highest BCUT2D eigenvalue weighted by Crippen LogP contribution is 2.22. The second-order valence-corrected chi connectivity index (χ2v) is 3.94. The molecule has 0 aliphatic heterocycles.